The Morgan fingerprint density at radius 3 is 2.58 bits per heavy atom. The van der Waals surface area contributed by atoms with Crippen LogP contribution >= 0.6 is 11.6 Å². The molecule has 0 aliphatic carbocycles. The average Bonchev–Trinajstić information content (AvgIpc) is 2.59. The van der Waals surface area contributed by atoms with Crippen molar-refractivity contribution in [3.05, 3.63) is 64.9 Å². The first kappa shape index (κ1) is 18.2. The Balaban J connectivity index is 1.96. The minimum absolute atomic E-state index is 0.0509. The lowest BCUT2D eigenvalue weighted by molar-refractivity contribution is 0.0593. The molecule has 1 heterocycles. The monoisotopic (exact) mass is 347 g/mol. The van der Waals surface area contributed by atoms with E-state index in [1.807, 2.05) is 19.1 Å². The molecule has 0 bridgehead atoms. The van der Waals surface area contributed by atoms with Crippen molar-refractivity contribution >= 4 is 17.6 Å². The Morgan fingerprint density at radius 2 is 1.96 bits per heavy atom. The molecule has 0 aliphatic rings. The highest BCUT2D eigenvalue weighted by Crippen LogP contribution is 2.27. The van der Waals surface area contributed by atoms with Crippen molar-refractivity contribution in [1.82, 2.24) is 15.6 Å². The Kier molecular flexibility index (Phi) is 6.17. The molecule has 0 radical (unpaired) electrons. The second-order valence-electron chi connectivity index (χ2n) is 5.82. The molecule has 128 valence electrons. The van der Waals surface area contributed by atoms with Crippen molar-refractivity contribution in [3.63, 3.8) is 0 Å². The Bertz CT molecular complexity index is 677. The molecule has 0 spiro atoms. The lowest BCUT2D eigenvalue weighted by Gasteiger charge is -2.26. The summed E-state index contributed by atoms with van der Waals surface area (Å²) in [7, 11) is 0. The zero-order valence-electron chi connectivity index (χ0n) is 13.8. The number of halogens is 1. The van der Waals surface area contributed by atoms with E-state index in [1.165, 1.54) is 0 Å². The van der Waals surface area contributed by atoms with Crippen LogP contribution in [-0.2, 0) is 5.60 Å². The smallest absolute Gasteiger partial charge is 0.315 e. The standard InChI is InChI=1S/C18H22ClN3O2/c1-3-16(13-8-10-20-11-9-13)22-17(23)21-12-18(2,24)14-6-4-5-7-15(14)19/h4-11,16,24H,3,12H2,1-2H3,(H2,21,22,23)/t16-,18+/m0/s1. The summed E-state index contributed by atoms with van der Waals surface area (Å²) < 4.78 is 0. The van der Waals surface area contributed by atoms with Crippen LogP contribution in [0.4, 0.5) is 4.79 Å². The molecule has 6 heteroatoms. The van der Waals surface area contributed by atoms with Gasteiger partial charge < -0.3 is 15.7 Å². The lowest BCUT2D eigenvalue weighted by Crippen LogP contribution is -2.44. The number of aromatic nitrogens is 1. The normalized spacial score (nSPS) is 14.5. The number of hydrogen-bond donors (Lipinski definition) is 3. The van der Waals surface area contributed by atoms with Crippen LogP contribution in [0, 0.1) is 0 Å². The number of amides is 2. The molecule has 2 rings (SSSR count). The van der Waals surface area contributed by atoms with Gasteiger partial charge in [0.1, 0.15) is 5.60 Å². The topological polar surface area (TPSA) is 74.2 Å². The van der Waals surface area contributed by atoms with E-state index < -0.39 is 5.60 Å². The number of aliphatic hydroxyl groups is 1. The van der Waals surface area contributed by atoms with E-state index >= 15 is 0 Å². The number of nitrogens with one attached hydrogen (secondary N) is 2. The van der Waals surface area contributed by atoms with E-state index in [0.29, 0.717) is 10.6 Å². The average molecular weight is 348 g/mol. The van der Waals surface area contributed by atoms with Gasteiger partial charge in [-0.3, -0.25) is 4.98 Å². The summed E-state index contributed by atoms with van der Waals surface area (Å²) in [6.07, 6.45) is 4.14. The first-order valence-electron chi connectivity index (χ1n) is 7.85. The van der Waals surface area contributed by atoms with Crippen LogP contribution in [0.5, 0.6) is 0 Å². The number of pyridine rings is 1. The first-order valence-corrected chi connectivity index (χ1v) is 8.23. The number of benzene rings is 1. The molecular weight excluding hydrogens is 326 g/mol. The highest BCUT2D eigenvalue weighted by Gasteiger charge is 2.26. The molecule has 2 amide bonds. The summed E-state index contributed by atoms with van der Waals surface area (Å²) in [6, 6.07) is 10.3. The number of hydrogen-bond acceptors (Lipinski definition) is 3. The zero-order chi connectivity index (χ0) is 17.6. The third-order valence-electron chi connectivity index (χ3n) is 3.87. The zero-order valence-corrected chi connectivity index (χ0v) is 14.5. The van der Waals surface area contributed by atoms with Gasteiger partial charge >= 0.3 is 6.03 Å². The van der Waals surface area contributed by atoms with Gasteiger partial charge in [0.05, 0.1) is 12.6 Å². The number of urea groups is 1. The van der Waals surface area contributed by atoms with Crippen LogP contribution < -0.4 is 10.6 Å². The van der Waals surface area contributed by atoms with E-state index in [-0.39, 0.29) is 18.6 Å². The fraction of sp³-hybridized carbons (Fsp3) is 0.333. The summed E-state index contributed by atoms with van der Waals surface area (Å²) in [5.41, 5.74) is 0.308. The van der Waals surface area contributed by atoms with Gasteiger partial charge in [-0.05, 0) is 37.1 Å². The molecule has 0 saturated carbocycles. The van der Waals surface area contributed by atoms with Gasteiger partial charge in [-0.1, -0.05) is 36.7 Å². The van der Waals surface area contributed by atoms with Gasteiger partial charge in [-0.15, -0.1) is 0 Å². The summed E-state index contributed by atoms with van der Waals surface area (Å²) in [5, 5.41) is 16.7. The van der Waals surface area contributed by atoms with Crippen molar-refractivity contribution in [2.24, 2.45) is 0 Å². The van der Waals surface area contributed by atoms with E-state index in [0.717, 1.165) is 12.0 Å². The fourth-order valence-corrected chi connectivity index (χ4v) is 2.81. The van der Waals surface area contributed by atoms with E-state index in [1.54, 1.807) is 43.6 Å². The molecule has 0 saturated heterocycles. The summed E-state index contributed by atoms with van der Waals surface area (Å²) >= 11 is 6.12. The van der Waals surface area contributed by atoms with E-state index in [9.17, 15) is 9.90 Å². The minimum atomic E-state index is -1.26. The molecule has 2 atom stereocenters. The van der Waals surface area contributed by atoms with Crippen LogP contribution in [0.3, 0.4) is 0 Å². The molecule has 1 aromatic heterocycles. The fourth-order valence-electron chi connectivity index (χ4n) is 2.47. The second-order valence-corrected chi connectivity index (χ2v) is 6.23. The van der Waals surface area contributed by atoms with Gasteiger partial charge in [0, 0.05) is 23.0 Å². The van der Waals surface area contributed by atoms with Crippen molar-refractivity contribution in [3.8, 4) is 0 Å². The summed E-state index contributed by atoms with van der Waals surface area (Å²) in [5.74, 6) is 0. The number of carbonyl (C=O) groups is 1. The lowest BCUT2D eigenvalue weighted by atomic mass is 9.96. The van der Waals surface area contributed by atoms with Crippen molar-refractivity contribution < 1.29 is 9.90 Å². The molecule has 24 heavy (non-hydrogen) atoms. The third-order valence-corrected chi connectivity index (χ3v) is 4.20. The Labute approximate surface area is 147 Å². The SMILES string of the molecule is CC[C@H](NC(=O)NC[C@@](C)(O)c1ccccc1Cl)c1ccncc1. The van der Waals surface area contributed by atoms with Gasteiger partial charge in [0.25, 0.3) is 0 Å². The van der Waals surface area contributed by atoms with Crippen LogP contribution in [0.2, 0.25) is 5.02 Å². The largest absolute Gasteiger partial charge is 0.384 e. The maximum Gasteiger partial charge on any atom is 0.315 e. The predicted molar refractivity (Wildman–Crippen MR) is 94.8 cm³/mol. The Hall–Kier alpha value is -2.11. The molecule has 2 aromatic rings. The molecule has 1 aromatic carbocycles. The summed E-state index contributed by atoms with van der Waals surface area (Å²) in [6.45, 7) is 3.66. The van der Waals surface area contributed by atoms with E-state index in [4.69, 9.17) is 11.6 Å². The number of carbonyl (C=O) groups excluding carboxylic acids is 1. The van der Waals surface area contributed by atoms with Crippen molar-refractivity contribution in [1.29, 1.82) is 0 Å². The molecule has 0 aliphatic heterocycles. The van der Waals surface area contributed by atoms with Crippen LogP contribution in [0.1, 0.15) is 37.4 Å². The first-order chi connectivity index (χ1) is 11.4. The molecule has 0 unspecified atom stereocenters. The predicted octanol–water partition coefficient (Wildman–Crippen LogP) is 3.39. The van der Waals surface area contributed by atoms with Gasteiger partial charge in [0.15, 0.2) is 0 Å². The molecule has 0 fully saturated rings. The van der Waals surface area contributed by atoms with Crippen LogP contribution in [-0.4, -0.2) is 22.7 Å². The molecular formula is C18H22ClN3O2. The van der Waals surface area contributed by atoms with Gasteiger partial charge in [-0.25, -0.2) is 4.79 Å². The highest BCUT2D eigenvalue weighted by molar-refractivity contribution is 6.31. The van der Waals surface area contributed by atoms with Crippen molar-refractivity contribution in [2.75, 3.05) is 6.54 Å². The number of nitrogens with zero attached hydrogens (tertiary/aromatic N) is 1. The van der Waals surface area contributed by atoms with Crippen molar-refractivity contribution in [2.45, 2.75) is 31.9 Å². The second kappa shape index (κ2) is 8.13. The maximum atomic E-state index is 12.2. The summed E-state index contributed by atoms with van der Waals surface area (Å²) in [4.78, 5) is 16.1. The van der Waals surface area contributed by atoms with Crippen LogP contribution in [0.25, 0.3) is 0 Å². The minimum Gasteiger partial charge on any atom is -0.384 e. The van der Waals surface area contributed by atoms with Gasteiger partial charge in [-0.2, -0.15) is 0 Å². The molecule has 3 N–H and O–H groups in total. The molecule has 5 nitrogen and oxygen atoms in total. The quantitative estimate of drug-likeness (QED) is 0.749. The van der Waals surface area contributed by atoms with Crippen LogP contribution in [0.15, 0.2) is 48.8 Å². The highest BCUT2D eigenvalue weighted by atomic mass is 35.5. The Morgan fingerprint density at radius 1 is 1.29 bits per heavy atom. The van der Waals surface area contributed by atoms with Gasteiger partial charge in [0.2, 0.25) is 0 Å². The maximum absolute atomic E-state index is 12.2. The third kappa shape index (κ3) is 4.69. The van der Waals surface area contributed by atoms with E-state index in [2.05, 4.69) is 15.6 Å². The number of rotatable bonds is 6.